The molecule has 144 valence electrons. The Labute approximate surface area is 158 Å². The first-order chi connectivity index (χ1) is 12.7. The van der Waals surface area contributed by atoms with Crippen molar-refractivity contribution >= 4 is 24.0 Å². The Bertz CT molecular complexity index is 854. The first-order valence-corrected chi connectivity index (χ1v) is 8.96. The number of methoxy groups -OCH3 is 2. The molecule has 3 atom stereocenters. The van der Waals surface area contributed by atoms with Crippen LogP contribution in [0, 0.1) is 11.3 Å². The predicted octanol–water partition coefficient (Wildman–Crippen LogP) is 3.44. The van der Waals surface area contributed by atoms with Crippen molar-refractivity contribution in [2.75, 3.05) is 14.2 Å². The minimum atomic E-state index is -0.881. The van der Waals surface area contributed by atoms with Crippen molar-refractivity contribution in [3.8, 4) is 0 Å². The summed E-state index contributed by atoms with van der Waals surface area (Å²) in [5, 5.41) is 9.86. The highest BCUT2D eigenvalue weighted by Crippen LogP contribution is 2.56. The maximum Gasteiger partial charge on any atom is 0.338 e. The molecule has 2 aliphatic carbocycles. The van der Waals surface area contributed by atoms with Crippen LogP contribution in [0.15, 0.2) is 18.2 Å². The Hall–Kier alpha value is -2.63. The van der Waals surface area contributed by atoms with Gasteiger partial charge in [-0.25, -0.2) is 9.59 Å². The van der Waals surface area contributed by atoms with Crippen LogP contribution >= 0.6 is 0 Å². The largest absolute Gasteiger partial charge is 0.481 e. The van der Waals surface area contributed by atoms with Crippen LogP contribution < -0.4 is 0 Å². The van der Waals surface area contributed by atoms with Gasteiger partial charge < -0.3 is 14.6 Å². The van der Waals surface area contributed by atoms with E-state index in [1.165, 1.54) is 14.2 Å². The number of allylic oxidation sites excluding steroid dienone is 1. The van der Waals surface area contributed by atoms with Crippen molar-refractivity contribution in [1.82, 2.24) is 0 Å². The van der Waals surface area contributed by atoms with Gasteiger partial charge in [0.1, 0.15) is 0 Å². The molecule has 1 aromatic rings. The molecule has 6 nitrogen and oxygen atoms in total. The molecule has 1 fully saturated rings. The van der Waals surface area contributed by atoms with Crippen molar-refractivity contribution in [2.45, 2.75) is 38.5 Å². The quantitative estimate of drug-likeness (QED) is 0.818. The van der Waals surface area contributed by atoms with Crippen LogP contribution in [0.1, 0.15) is 65.0 Å². The van der Waals surface area contributed by atoms with Crippen LogP contribution in [0.25, 0.3) is 6.08 Å². The minimum absolute atomic E-state index is 0.140. The molecule has 0 spiro atoms. The van der Waals surface area contributed by atoms with E-state index >= 15 is 0 Å². The summed E-state index contributed by atoms with van der Waals surface area (Å²) in [6.07, 6.45) is 5.97. The molecule has 0 heterocycles. The predicted molar refractivity (Wildman–Crippen MR) is 98.6 cm³/mol. The van der Waals surface area contributed by atoms with Gasteiger partial charge in [-0.2, -0.15) is 0 Å². The van der Waals surface area contributed by atoms with E-state index in [9.17, 15) is 19.5 Å². The number of benzene rings is 1. The second-order valence-corrected chi connectivity index (χ2v) is 7.80. The van der Waals surface area contributed by atoms with E-state index in [1.54, 1.807) is 19.1 Å². The number of esters is 2. The Balaban J connectivity index is 2.23. The SMILES string of the molecule is COC(=O)c1cc2c(cc1C(=O)OC)[C@@]1(C)CCC[C@](C)(C(=O)O)C1C=C2. The molecule has 6 heteroatoms. The summed E-state index contributed by atoms with van der Waals surface area (Å²) in [5.74, 6) is -2.26. The molecule has 1 unspecified atom stereocenters. The number of carbonyl (C=O) groups is 3. The first kappa shape index (κ1) is 19.1. The summed E-state index contributed by atoms with van der Waals surface area (Å²) >= 11 is 0. The molecular formula is C21H24O6. The molecule has 0 aromatic heterocycles. The lowest BCUT2D eigenvalue weighted by Gasteiger charge is -2.51. The molecule has 0 aliphatic heterocycles. The van der Waals surface area contributed by atoms with Crippen LogP contribution in [0.2, 0.25) is 0 Å². The number of carboxylic acids is 1. The Morgan fingerprint density at radius 2 is 1.63 bits per heavy atom. The Morgan fingerprint density at radius 1 is 1.04 bits per heavy atom. The molecule has 27 heavy (non-hydrogen) atoms. The maximum atomic E-state index is 12.3. The van der Waals surface area contributed by atoms with Crippen molar-refractivity contribution in [2.24, 2.45) is 11.3 Å². The standard InChI is InChI=1S/C21H24O6/c1-20-8-5-9-21(2,19(24)25)16(20)7-6-12-10-13(17(22)26-3)14(11-15(12)20)18(23)27-4/h6-7,10-11,16H,5,8-9H2,1-4H3,(H,24,25)/t16?,20-,21+/m1/s1. The van der Waals surface area contributed by atoms with E-state index in [4.69, 9.17) is 9.47 Å². The maximum absolute atomic E-state index is 12.3. The Morgan fingerprint density at radius 3 is 2.19 bits per heavy atom. The van der Waals surface area contributed by atoms with Crippen LogP contribution in [0.5, 0.6) is 0 Å². The van der Waals surface area contributed by atoms with Crippen molar-refractivity contribution < 1.29 is 29.0 Å². The molecule has 1 aromatic carbocycles. The number of hydrogen-bond acceptors (Lipinski definition) is 5. The zero-order valence-corrected chi connectivity index (χ0v) is 16.0. The molecule has 2 aliphatic rings. The van der Waals surface area contributed by atoms with Gasteiger partial charge in [0.15, 0.2) is 0 Å². The first-order valence-electron chi connectivity index (χ1n) is 8.96. The van der Waals surface area contributed by atoms with E-state index < -0.39 is 28.7 Å². The monoisotopic (exact) mass is 372 g/mol. The van der Waals surface area contributed by atoms with E-state index in [0.29, 0.717) is 6.42 Å². The van der Waals surface area contributed by atoms with Gasteiger partial charge in [-0.05, 0) is 43.0 Å². The van der Waals surface area contributed by atoms with Gasteiger partial charge in [-0.15, -0.1) is 0 Å². The molecular weight excluding hydrogens is 348 g/mol. The third-order valence-corrected chi connectivity index (χ3v) is 6.34. The number of fused-ring (bicyclic) bond motifs is 3. The second kappa shape index (κ2) is 6.51. The fourth-order valence-corrected chi connectivity index (χ4v) is 4.81. The Kier molecular flexibility index (Phi) is 4.62. The van der Waals surface area contributed by atoms with Gasteiger partial charge in [-0.1, -0.05) is 25.5 Å². The van der Waals surface area contributed by atoms with Crippen LogP contribution in [0.3, 0.4) is 0 Å². The zero-order chi connectivity index (χ0) is 20.0. The smallest absolute Gasteiger partial charge is 0.338 e. The number of carbonyl (C=O) groups excluding carboxylic acids is 2. The van der Waals surface area contributed by atoms with Crippen molar-refractivity contribution in [1.29, 1.82) is 0 Å². The normalized spacial score (nSPS) is 28.7. The highest BCUT2D eigenvalue weighted by molar-refractivity contribution is 6.04. The van der Waals surface area contributed by atoms with Gasteiger partial charge in [0, 0.05) is 11.3 Å². The minimum Gasteiger partial charge on any atom is -0.481 e. The topological polar surface area (TPSA) is 89.9 Å². The van der Waals surface area contributed by atoms with Crippen molar-refractivity contribution in [3.63, 3.8) is 0 Å². The van der Waals surface area contributed by atoms with Gasteiger partial charge in [0.05, 0.1) is 30.8 Å². The second-order valence-electron chi connectivity index (χ2n) is 7.80. The average molecular weight is 372 g/mol. The molecule has 0 saturated heterocycles. The number of aliphatic carboxylic acids is 1. The van der Waals surface area contributed by atoms with Crippen LogP contribution in [-0.2, 0) is 19.7 Å². The average Bonchev–Trinajstić information content (AvgIpc) is 2.65. The highest BCUT2D eigenvalue weighted by atomic mass is 16.5. The summed E-state index contributed by atoms with van der Waals surface area (Å²) in [7, 11) is 2.52. The highest BCUT2D eigenvalue weighted by Gasteiger charge is 2.54. The van der Waals surface area contributed by atoms with Crippen LogP contribution in [-0.4, -0.2) is 37.2 Å². The summed E-state index contributed by atoms with van der Waals surface area (Å²) < 4.78 is 9.66. The lowest BCUT2D eigenvalue weighted by Crippen LogP contribution is -2.50. The number of ether oxygens (including phenoxy) is 2. The zero-order valence-electron chi connectivity index (χ0n) is 16.0. The fourth-order valence-electron chi connectivity index (χ4n) is 4.81. The summed E-state index contributed by atoms with van der Waals surface area (Å²) in [4.78, 5) is 36.5. The fraction of sp³-hybridized carbons (Fsp3) is 0.476. The summed E-state index contributed by atoms with van der Waals surface area (Å²) in [6, 6.07) is 3.32. The molecule has 0 amide bonds. The van der Waals surface area contributed by atoms with Gasteiger partial charge >= 0.3 is 17.9 Å². The third-order valence-electron chi connectivity index (χ3n) is 6.34. The van der Waals surface area contributed by atoms with Crippen molar-refractivity contribution in [3.05, 3.63) is 40.5 Å². The van der Waals surface area contributed by atoms with E-state index in [-0.39, 0.29) is 17.0 Å². The number of rotatable bonds is 3. The molecule has 3 rings (SSSR count). The van der Waals surface area contributed by atoms with Gasteiger partial charge in [0.25, 0.3) is 0 Å². The third kappa shape index (κ3) is 2.74. The van der Waals surface area contributed by atoms with E-state index in [1.807, 2.05) is 19.1 Å². The molecule has 1 N–H and O–H groups in total. The number of hydrogen-bond donors (Lipinski definition) is 1. The molecule has 0 bridgehead atoms. The lowest BCUT2D eigenvalue weighted by molar-refractivity contribution is -0.154. The van der Waals surface area contributed by atoms with Gasteiger partial charge in [-0.3, -0.25) is 4.79 Å². The molecule has 1 saturated carbocycles. The van der Waals surface area contributed by atoms with Gasteiger partial charge in [0.2, 0.25) is 0 Å². The van der Waals surface area contributed by atoms with Crippen LogP contribution in [0.4, 0.5) is 0 Å². The number of carboxylic acid groups (broad SMARTS) is 1. The van der Waals surface area contributed by atoms with E-state index in [0.717, 1.165) is 24.0 Å². The molecule has 0 radical (unpaired) electrons. The lowest BCUT2D eigenvalue weighted by atomic mass is 9.51. The summed E-state index contributed by atoms with van der Waals surface area (Å²) in [5.41, 5.74) is 0.625. The van der Waals surface area contributed by atoms with E-state index in [2.05, 4.69) is 0 Å². The summed E-state index contributed by atoms with van der Waals surface area (Å²) in [6.45, 7) is 3.83.